The Bertz CT molecular complexity index is 3020. The van der Waals surface area contributed by atoms with E-state index in [1.165, 1.54) is 25.3 Å². The van der Waals surface area contributed by atoms with Crippen LogP contribution in [0.3, 0.4) is 0 Å². The number of nitrogens with two attached hydrogens (primary N) is 1. The number of aryl methyl sites for hydroxylation is 1. The molecule has 0 radical (unpaired) electrons. The fourth-order valence-corrected chi connectivity index (χ4v) is 16.3. The molecule has 0 aliphatic carbocycles. The Morgan fingerprint density at radius 2 is 1.61 bits per heavy atom. The number of benzene rings is 2. The van der Waals surface area contributed by atoms with Gasteiger partial charge in [-0.1, -0.05) is 71.4 Å². The lowest BCUT2D eigenvalue weighted by Crippen LogP contribution is -2.64. The molecule has 5 aliphatic rings. The van der Waals surface area contributed by atoms with Crippen LogP contribution in [0.15, 0.2) is 42.5 Å². The van der Waals surface area contributed by atoms with Gasteiger partial charge in [-0.25, -0.2) is 16.8 Å². The van der Waals surface area contributed by atoms with Gasteiger partial charge in [0, 0.05) is 51.1 Å². The molecule has 0 bridgehead atoms. The Hall–Kier alpha value is -7.88. The third-order valence-corrected chi connectivity index (χ3v) is 21.2. The number of carboxylic acid groups (broad SMARTS) is 1. The number of methoxy groups -OCH3 is 1. The maximum absolute atomic E-state index is 13.1. The number of carbonyl (C=O) groups is 12. The predicted octanol–water partition coefficient (Wildman–Crippen LogP) is 0.856. The first kappa shape index (κ1) is 78.6. The van der Waals surface area contributed by atoms with Crippen molar-refractivity contribution in [3.8, 4) is 0 Å². The standard InChI is InChI=1S/C35H53N9O12S2.C19H26N2O2.C6H9NO4.C2H6/c1-6-42(2)20-31(51)55-35-56-32(52)22-44(4)25(21-43(3,15-16-45)58(35,44)54-5)17-23-7-9-24(10-8-23)40-34(57)37-14-13-28(47)41-26(11-12-30(49)50)33(53)39-19-29(48)38-18-27(36)46;1-4-12(2)10-17(22)20-16-9-8-14-6-5-7-15-11-13(3)21(18(14)15)19(16)23;1-10-6-4(7-3-8)2-5(9)11-6;1-2/h7-10,16,25-26,35H,6,11-15,17-22H2,1-5H3,(H6-2,36,37,38,39,40,41,46,47,48,49,50,53,57);5-7,12-13,16H,4,8-11H2,1-3H3,(H,20,22);3-4,6H,2H2,1H3,(H,7,8);1-2H3/p+2. The van der Waals surface area contributed by atoms with Gasteiger partial charge in [0.1, 0.15) is 31.2 Å². The number of primary amides is 1. The second-order valence-electron chi connectivity index (χ2n) is 23.4. The van der Waals surface area contributed by atoms with Gasteiger partial charge in [-0.2, -0.15) is 0 Å². The Labute approximate surface area is 556 Å². The molecule has 522 valence electrons. The molecule has 0 saturated carbocycles. The Morgan fingerprint density at radius 1 is 0.915 bits per heavy atom. The van der Waals surface area contributed by atoms with Gasteiger partial charge in [-0.05, 0) is 93.2 Å². The maximum atomic E-state index is 13.1. The number of thiocarbonyl (C=S) groups is 1. The molecule has 3 saturated heterocycles. The molecule has 11 unspecified atom stereocenters. The van der Waals surface area contributed by atoms with Crippen molar-refractivity contribution in [1.82, 2.24) is 36.8 Å². The SMILES string of the molecule is CC.CCC(C)CC(=O)NC1CCc2cccc3c2N(C1=O)C(C)C3.CCN(C)CC(=O)OC1OC(=O)C[N+]2(C)C(Cc3ccc(NC(=S)NCCC(=O)NC(CCC(=O)O)C(=O)NCC(=O)NCC(N)=O)cc3)C[N+](C)(CC=O)S12OC.COC1OC(=O)CC1NC=O. The number of aliphatic carboxylic acids is 1. The summed E-state index contributed by atoms with van der Waals surface area (Å²) in [4.78, 5) is 147. The zero-order valence-electron chi connectivity index (χ0n) is 55.6. The van der Waals surface area contributed by atoms with Crippen molar-refractivity contribution < 1.29 is 93.5 Å². The number of likely N-dealkylation sites (N-methyl/N-ethyl adjacent to an activating group) is 3. The number of nitrogens with one attached hydrogen (secondary N) is 7. The van der Waals surface area contributed by atoms with E-state index in [9.17, 15) is 57.5 Å². The van der Waals surface area contributed by atoms with Crippen molar-refractivity contribution in [1.29, 1.82) is 0 Å². The van der Waals surface area contributed by atoms with E-state index >= 15 is 0 Å². The van der Waals surface area contributed by atoms with Gasteiger partial charge >= 0.3 is 29.5 Å². The molecule has 32 heteroatoms. The number of carbonyl (C=O) groups excluding carboxylic acids is 11. The molecule has 30 nitrogen and oxygen atoms in total. The van der Waals surface area contributed by atoms with E-state index in [-0.39, 0.29) is 94.2 Å². The Morgan fingerprint density at radius 3 is 2.22 bits per heavy atom. The van der Waals surface area contributed by atoms with Crippen LogP contribution in [0.1, 0.15) is 103 Å². The van der Waals surface area contributed by atoms with Crippen molar-refractivity contribution >= 4 is 111 Å². The highest BCUT2D eigenvalue weighted by Gasteiger charge is 2.77. The zero-order valence-corrected chi connectivity index (χ0v) is 57.2. The van der Waals surface area contributed by atoms with Crippen LogP contribution in [0, 0.1) is 5.92 Å². The van der Waals surface area contributed by atoms with Gasteiger partial charge in [0.05, 0.1) is 52.9 Å². The van der Waals surface area contributed by atoms with Crippen LogP contribution in [-0.4, -0.2) is 225 Å². The topological polar surface area (TPSA) is 388 Å². The number of hydrogen-bond acceptors (Lipinski definition) is 19. The van der Waals surface area contributed by atoms with Crippen molar-refractivity contribution in [3.63, 3.8) is 0 Å². The molecule has 11 atom stereocenters. The van der Waals surface area contributed by atoms with Gasteiger partial charge in [0.2, 0.25) is 58.8 Å². The summed E-state index contributed by atoms with van der Waals surface area (Å²) in [5, 5.41) is 27.6. The van der Waals surface area contributed by atoms with Crippen LogP contribution in [0.4, 0.5) is 11.4 Å². The molecule has 0 spiro atoms. The summed E-state index contributed by atoms with van der Waals surface area (Å²) in [6.07, 6.45) is 4.47. The lowest BCUT2D eigenvalue weighted by atomic mass is 10.0. The fourth-order valence-electron chi connectivity index (χ4n) is 11.6. The summed E-state index contributed by atoms with van der Waals surface area (Å²) in [6, 6.07) is 11.7. The summed E-state index contributed by atoms with van der Waals surface area (Å²) in [5.41, 5.74) is 8.78. The van der Waals surface area contributed by atoms with Gasteiger partial charge in [-0.3, -0.25) is 57.6 Å². The highest BCUT2D eigenvalue weighted by molar-refractivity contribution is 8.20. The van der Waals surface area contributed by atoms with Gasteiger partial charge in [-0.15, -0.1) is 0 Å². The predicted molar refractivity (Wildman–Crippen MR) is 351 cm³/mol. The largest absolute Gasteiger partial charge is 0.481 e. The average Bonchev–Trinajstić information content (AvgIpc) is 1.49. The van der Waals surface area contributed by atoms with Crippen LogP contribution in [0.2, 0.25) is 0 Å². The van der Waals surface area contributed by atoms with Crippen molar-refractivity contribution in [2.24, 2.45) is 11.7 Å². The fraction of sp³-hybridized carbons (Fsp3) is 0.597. The first-order valence-electron chi connectivity index (χ1n) is 31.3. The number of ether oxygens (including phenoxy) is 4. The smallest absolute Gasteiger partial charge is 0.398 e. The lowest BCUT2D eigenvalue weighted by molar-refractivity contribution is -0.822. The Kier molecular flexibility index (Phi) is 31.2. The third kappa shape index (κ3) is 21.1. The molecule has 7 rings (SSSR count). The second kappa shape index (κ2) is 37.3. The number of quaternary nitrogens is 2. The van der Waals surface area contributed by atoms with Crippen molar-refractivity contribution in [2.45, 2.75) is 148 Å². The van der Waals surface area contributed by atoms with Crippen LogP contribution < -0.4 is 47.9 Å². The molecular formula is C62H96N12O18S2+2. The monoisotopic (exact) mass is 1360 g/mol. The van der Waals surface area contributed by atoms with E-state index in [0.29, 0.717) is 50.4 Å². The van der Waals surface area contributed by atoms with Crippen LogP contribution in [0.25, 0.3) is 0 Å². The minimum atomic E-state index is -2.69. The Balaban J connectivity index is 0.000000419. The molecule has 2 aromatic carbocycles. The number of amides is 7. The van der Waals surface area contributed by atoms with Crippen LogP contribution in [-0.2, 0) is 99.9 Å². The van der Waals surface area contributed by atoms with Crippen molar-refractivity contribution in [3.05, 3.63) is 59.2 Å². The number of hydrogen-bond donors (Lipinski definition) is 9. The maximum Gasteiger partial charge on any atom is 0.398 e. The number of anilines is 2. The molecule has 10 N–H and O–H groups in total. The summed E-state index contributed by atoms with van der Waals surface area (Å²) < 4.78 is 27.5. The highest BCUT2D eigenvalue weighted by Crippen LogP contribution is 2.73. The van der Waals surface area contributed by atoms with Gasteiger partial charge in [0.15, 0.2) is 24.0 Å². The minimum absolute atomic E-state index is 0.00395. The number of rotatable bonds is 29. The number of esters is 3. The van der Waals surface area contributed by atoms with E-state index in [1.807, 2.05) is 51.9 Å². The van der Waals surface area contributed by atoms with E-state index in [2.05, 4.69) is 76.2 Å². The second-order valence-corrected chi connectivity index (χ2v) is 27.3. The minimum Gasteiger partial charge on any atom is -0.481 e. The molecule has 3 fully saturated rings. The van der Waals surface area contributed by atoms with E-state index in [1.54, 1.807) is 24.1 Å². The summed E-state index contributed by atoms with van der Waals surface area (Å²) in [6.45, 7) is 12.3. The number of carboxylic acids is 1. The first-order valence-corrected chi connectivity index (χ1v) is 33.3. The number of nitrogens with zero attached hydrogens (tertiary/aromatic N) is 4. The van der Waals surface area contributed by atoms with Crippen LogP contribution >= 0.6 is 22.9 Å². The highest BCUT2D eigenvalue weighted by atomic mass is 32.3. The number of fused-ring (bicyclic) bond motifs is 1. The average molecular weight is 1360 g/mol. The summed E-state index contributed by atoms with van der Waals surface area (Å²) >= 11 is 5.39. The van der Waals surface area contributed by atoms with E-state index in [4.69, 9.17) is 46.2 Å². The quantitative estimate of drug-likeness (QED) is 0.0236. The number of para-hydroxylation sites is 1. The zero-order chi connectivity index (χ0) is 70.1. The molecule has 0 aromatic heterocycles. The molecule has 94 heavy (non-hydrogen) atoms. The van der Waals surface area contributed by atoms with Gasteiger partial charge < -0.3 is 71.9 Å². The summed E-state index contributed by atoms with van der Waals surface area (Å²) in [7, 11) is 5.74. The molecule has 5 aliphatic heterocycles. The van der Waals surface area contributed by atoms with Gasteiger partial charge in [0.25, 0.3) is 0 Å². The van der Waals surface area contributed by atoms with E-state index in [0.717, 1.165) is 36.8 Å². The lowest BCUT2D eigenvalue weighted by Gasteiger charge is -2.55. The molecule has 5 heterocycles. The van der Waals surface area contributed by atoms with E-state index < -0.39 is 95.7 Å². The molecule has 7 amide bonds. The third-order valence-electron chi connectivity index (χ3n) is 16.6. The number of cyclic esters (lactones) is 2. The summed E-state index contributed by atoms with van der Waals surface area (Å²) in [5.74, 6) is -5.10. The van der Waals surface area contributed by atoms with Crippen molar-refractivity contribution in [2.75, 3.05) is 97.9 Å². The first-order chi connectivity index (χ1) is 44.6. The normalized spacial score (nSPS) is 24.9. The number of aldehydes is 1. The molecular weight excluding hydrogens is 1260 g/mol. The molecule has 2 aromatic rings. The van der Waals surface area contributed by atoms with Crippen LogP contribution in [0.5, 0.6) is 0 Å².